The highest BCUT2D eigenvalue weighted by atomic mass is 16.6. The van der Waals surface area contributed by atoms with Crippen molar-refractivity contribution in [3.05, 3.63) is 35.8 Å². The molecule has 0 bridgehead atoms. The van der Waals surface area contributed by atoms with E-state index in [0.717, 1.165) is 5.56 Å². The molecule has 0 aliphatic carbocycles. The topological polar surface area (TPSA) is 138 Å². The van der Waals surface area contributed by atoms with Crippen LogP contribution in [0.3, 0.4) is 0 Å². The van der Waals surface area contributed by atoms with Gasteiger partial charge in [0, 0.05) is 5.69 Å². The van der Waals surface area contributed by atoms with Crippen molar-refractivity contribution >= 4 is 17.4 Å². The van der Waals surface area contributed by atoms with Gasteiger partial charge in [-0.25, -0.2) is 9.31 Å². The van der Waals surface area contributed by atoms with Crippen LogP contribution in [0.5, 0.6) is 0 Å². The number of nitrogen functional groups attached to an aromatic ring is 1. The number of tetrazole rings is 1. The first kappa shape index (κ1) is 12.7. The minimum absolute atomic E-state index is 0.0674. The summed E-state index contributed by atoms with van der Waals surface area (Å²) in [5, 5.41) is 20.4. The van der Waals surface area contributed by atoms with Crippen LogP contribution >= 0.6 is 0 Å². The smallest absolute Gasteiger partial charge is 0.281 e. The summed E-state index contributed by atoms with van der Waals surface area (Å²) in [5.41, 5.74) is 7.55. The maximum atomic E-state index is 12.0. The van der Waals surface area contributed by atoms with Crippen molar-refractivity contribution in [3.63, 3.8) is 0 Å². The third kappa shape index (κ3) is 2.41. The van der Waals surface area contributed by atoms with E-state index in [0.29, 0.717) is 11.4 Å². The van der Waals surface area contributed by atoms with Gasteiger partial charge in [-0.05, 0) is 45.4 Å². The van der Waals surface area contributed by atoms with E-state index in [1.54, 1.807) is 6.07 Å². The van der Waals surface area contributed by atoms with Gasteiger partial charge >= 0.3 is 0 Å². The Balaban J connectivity index is 1.90. The van der Waals surface area contributed by atoms with Gasteiger partial charge in [-0.2, -0.15) is 0 Å². The van der Waals surface area contributed by atoms with E-state index in [-0.39, 0.29) is 11.5 Å². The summed E-state index contributed by atoms with van der Waals surface area (Å²) in [4.78, 5) is 12.0. The second-order valence-corrected chi connectivity index (χ2v) is 4.21. The maximum Gasteiger partial charge on any atom is 0.281 e. The van der Waals surface area contributed by atoms with Gasteiger partial charge in [0.15, 0.2) is 0 Å². The van der Waals surface area contributed by atoms with E-state index in [1.165, 1.54) is 11.0 Å². The third-order valence-corrected chi connectivity index (χ3v) is 2.81. The molecule has 21 heavy (non-hydrogen) atoms. The number of amides is 1. The molecule has 3 N–H and O–H groups in total. The SMILES string of the molecule is Cc1ccc(-n2cnnn2)cc1NC(=O)c1nonc1N. The number of benzene rings is 1. The Morgan fingerprint density at radius 1 is 1.38 bits per heavy atom. The molecule has 0 fully saturated rings. The molecule has 0 spiro atoms. The number of carbonyl (C=O) groups is 1. The van der Waals surface area contributed by atoms with Gasteiger partial charge < -0.3 is 11.1 Å². The van der Waals surface area contributed by atoms with Crippen molar-refractivity contribution in [2.75, 3.05) is 11.1 Å². The molecule has 0 atom stereocenters. The van der Waals surface area contributed by atoms with Gasteiger partial charge in [-0.1, -0.05) is 6.07 Å². The van der Waals surface area contributed by atoms with Gasteiger partial charge in [-0.3, -0.25) is 4.79 Å². The molecule has 10 heteroatoms. The normalized spacial score (nSPS) is 10.5. The maximum absolute atomic E-state index is 12.0. The van der Waals surface area contributed by atoms with E-state index in [2.05, 4.69) is 35.8 Å². The Bertz CT molecular complexity index is 779. The van der Waals surface area contributed by atoms with Crippen LogP contribution < -0.4 is 11.1 Å². The molecule has 3 aromatic rings. The second-order valence-electron chi connectivity index (χ2n) is 4.21. The summed E-state index contributed by atoms with van der Waals surface area (Å²) < 4.78 is 5.87. The second kappa shape index (κ2) is 5.00. The lowest BCUT2D eigenvalue weighted by Gasteiger charge is -2.09. The van der Waals surface area contributed by atoms with Gasteiger partial charge in [0.25, 0.3) is 5.91 Å². The minimum Gasteiger partial charge on any atom is -0.379 e. The Hall–Kier alpha value is -3.30. The fraction of sp³-hybridized carbons (Fsp3) is 0.0909. The molecule has 0 aliphatic rings. The summed E-state index contributed by atoms with van der Waals surface area (Å²) in [6.45, 7) is 1.85. The molecule has 0 saturated heterocycles. The molecular weight excluding hydrogens is 276 g/mol. The number of anilines is 2. The average Bonchev–Trinajstić information content (AvgIpc) is 3.12. The first-order valence-corrected chi connectivity index (χ1v) is 5.88. The Kier molecular flexibility index (Phi) is 3.03. The van der Waals surface area contributed by atoms with E-state index in [4.69, 9.17) is 5.73 Å². The number of nitrogens with zero attached hydrogens (tertiary/aromatic N) is 6. The summed E-state index contributed by atoms with van der Waals surface area (Å²) in [6.07, 6.45) is 1.45. The summed E-state index contributed by atoms with van der Waals surface area (Å²) in [7, 11) is 0. The molecule has 0 aliphatic heterocycles. The Morgan fingerprint density at radius 3 is 2.90 bits per heavy atom. The van der Waals surface area contributed by atoms with Crippen molar-refractivity contribution in [2.45, 2.75) is 6.92 Å². The molecule has 1 aromatic carbocycles. The summed E-state index contributed by atoms with van der Waals surface area (Å²) in [5.74, 6) is -0.576. The highest BCUT2D eigenvalue weighted by molar-refractivity contribution is 6.05. The fourth-order valence-electron chi connectivity index (χ4n) is 1.70. The lowest BCUT2D eigenvalue weighted by Crippen LogP contribution is -2.15. The van der Waals surface area contributed by atoms with Crippen LogP contribution in [0.1, 0.15) is 16.1 Å². The van der Waals surface area contributed by atoms with E-state index in [9.17, 15) is 4.79 Å². The highest BCUT2D eigenvalue weighted by Crippen LogP contribution is 2.20. The van der Waals surface area contributed by atoms with Gasteiger partial charge in [0.2, 0.25) is 11.5 Å². The van der Waals surface area contributed by atoms with Crippen molar-refractivity contribution < 1.29 is 9.42 Å². The Labute approximate surface area is 117 Å². The number of nitrogens with one attached hydrogen (secondary N) is 1. The quantitative estimate of drug-likeness (QED) is 0.695. The van der Waals surface area contributed by atoms with Crippen LogP contribution in [-0.2, 0) is 0 Å². The lowest BCUT2D eigenvalue weighted by molar-refractivity contribution is 0.101. The molecule has 0 unspecified atom stereocenters. The monoisotopic (exact) mass is 286 g/mol. The molecular formula is C11H10N8O2. The zero-order valence-corrected chi connectivity index (χ0v) is 10.9. The molecule has 0 radical (unpaired) electrons. The summed E-state index contributed by atoms with van der Waals surface area (Å²) in [6, 6.07) is 5.39. The molecule has 0 saturated carbocycles. The number of hydrogen-bond acceptors (Lipinski definition) is 8. The van der Waals surface area contributed by atoms with Crippen LogP contribution in [0.25, 0.3) is 5.69 Å². The average molecular weight is 286 g/mol. The Morgan fingerprint density at radius 2 is 2.24 bits per heavy atom. The number of hydrogen-bond donors (Lipinski definition) is 2. The van der Waals surface area contributed by atoms with Crippen molar-refractivity contribution in [1.29, 1.82) is 0 Å². The van der Waals surface area contributed by atoms with Crippen molar-refractivity contribution in [2.24, 2.45) is 0 Å². The molecule has 3 rings (SSSR count). The largest absolute Gasteiger partial charge is 0.379 e. The van der Waals surface area contributed by atoms with E-state index < -0.39 is 5.91 Å². The first-order valence-electron chi connectivity index (χ1n) is 5.88. The van der Waals surface area contributed by atoms with Crippen LogP contribution in [0.4, 0.5) is 11.5 Å². The zero-order valence-electron chi connectivity index (χ0n) is 10.9. The van der Waals surface area contributed by atoms with Crippen molar-refractivity contribution in [3.8, 4) is 5.69 Å². The molecule has 10 nitrogen and oxygen atoms in total. The number of carbonyl (C=O) groups excluding carboxylic acids is 1. The number of nitrogens with two attached hydrogens (primary N) is 1. The summed E-state index contributed by atoms with van der Waals surface area (Å²) >= 11 is 0. The van der Waals surface area contributed by atoms with Crippen LogP contribution in [0.2, 0.25) is 0 Å². The molecule has 2 heterocycles. The van der Waals surface area contributed by atoms with E-state index in [1.807, 2.05) is 19.1 Å². The molecule has 2 aromatic heterocycles. The minimum atomic E-state index is -0.509. The number of aryl methyl sites for hydroxylation is 1. The first-order chi connectivity index (χ1) is 10.1. The van der Waals surface area contributed by atoms with Gasteiger partial charge in [0.1, 0.15) is 6.33 Å². The molecule has 106 valence electrons. The van der Waals surface area contributed by atoms with Gasteiger partial charge in [0.05, 0.1) is 5.69 Å². The van der Waals surface area contributed by atoms with Crippen molar-refractivity contribution in [1.82, 2.24) is 30.5 Å². The van der Waals surface area contributed by atoms with Gasteiger partial charge in [-0.15, -0.1) is 5.10 Å². The fourth-order valence-corrected chi connectivity index (χ4v) is 1.70. The van der Waals surface area contributed by atoms with E-state index >= 15 is 0 Å². The number of aromatic nitrogens is 6. The van der Waals surface area contributed by atoms with Crippen LogP contribution in [-0.4, -0.2) is 36.4 Å². The zero-order chi connectivity index (χ0) is 14.8. The van der Waals surface area contributed by atoms with Crippen LogP contribution in [0, 0.1) is 6.92 Å². The molecule has 1 amide bonds. The number of rotatable bonds is 3. The van der Waals surface area contributed by atoms with Crippen LogP contribution in [0.15, 0.2) is 29.2 Å². The lowest BCUT2D eigenvalue weighted by atomic mass is 10.1. The highest BCUT2D eigenvalue weighted by Gasteiger charge is 2.17. The predicted molar refractivity (Wildman–Crippen MR) is 70.6 cm³/mol. The third-order valence-electron chi connectivity index (χ3n) is 2.81. The standard InChI is InChI=1S/C11H10N8O2/c1-6-2-3-7(19-5-13-17-18-19)4-8(6)14-11(20)9-10(12)16-21-15-9/h2-5H,1H3,(H2,12,16)(H,14,20). The predicted octanol–water partition coefficient (Wildman–Crippen LogP) is 0.188.